The lowest BCUT2D eigenvalue weighted by atomic mass is 10.2. The molecule has 1 saturated heterocycles. The molecule has 148 valence electrons. The van der Waals surface area contributed by atoms with Crippen LogP contribution in [-0.2, 0) is 21.4 Å². The molecule has 28 heavy (non-hydrogen) atoms. The molecular formula is C20H23N3O4S. The van der Waals surface area contributed by atoms with Crippen LogP contribution in [0.3, 0.4) is 0 Å². The summed E-state index contributed by atoms with van der Waals surface area (Å²) in [6, 6.07) is 16.5. The van der Waals surface area contributed by atoms with Crippen molar-refractivity contribution in [2.75, 3.05) is 26.2 Å². The summed E-state index contributed by atoms with van der Waals surface area (Å²) < 4.78 is 27.4. The van der Waals surface area contributed by atoms with Crippen molar-refractivity contribution in [2.24, 2.45) is 0 Å². The van der Waals surface area contributed by atoms with Gasteiger partial charge in [-0.15, -0.1) is 0 Å². The molecule has 2 aromatic carbocycles. The second-order valence-corrected chi connectivity index (χ2v) is 8.49. The fourth-order valence-corrected chi connectivity index (χ4v) is 4.58. The zero-order chi connectivity index (χ0) is 20.0. The lowest BCUT2D eigenvalue weighted by Crippen LogP contribution is -2.48. The zero-order valence-electron chi connectivity index (χ0n) is 15.4. The minimum atomic E-state index is -3.60. The van der Waals surface area contributed by atoms with E-state index in [1.807, 2.05) is 18.2 Å². The number of piperazine rings is 1. The number of carbonyl (C=O) groups is 1. The van der Waals surface area contributed by atoms with Gasteiger partial charge in [0.2, 0.25) is 10.0 Å². The van der Waals surface area contributed by atoms with Crippen molar-refractivity contribution in [3.8, 4) is 0 Å². The van der Waals surface area contributed by atoms with Crippen molar-refractivity contribution >= 4 is 22.0 Å². The SMILES string of the molecule is O=C(C=Cc1cccc(S(=O)(=O)N2CCN(Cc3ccccc3)CC2)c1)NO. The Morgan fingerprint density at radius 1 is 1.04 bits per heavy atom. The molecular weight excluding hydrogens is 378 g/mol. The van der Waals surface area contributed by atoms with Gasteiger partial charge in [0.25, 0.3) is 5.91 Å². The number of sulfonamides is 1. The van der Waals surface area contributed by atoms with Gasteiger partial charge in [-0.25, -0.2) is 13.9 Å². The fourth-order valence-electron chi connectivity index (χ4n) is 3.11. The third kappa shape index (κ3) is 5.05. The van der Waals surface area contributed by atoms with Gasteiger partial charge in [0.1, 0.15) is 0 Å². The number of benzene rings is 2. The van der Waals surface area contributed by atoms with E-state index in [0.717, 1.165) is 12.6 Å². The number of hydroxylamine groups is 1. The molecule has 0 spiro atoms. The van der Waals surface area contributed by atoms with E-state index in [9.17, 15) is 13.2 Å². The highest BCUT2D eigenvalue weighted by Crippen LogP contribution is 2.20. The summed E-state index contributed by atoms with van der Waals surface area (Å²) in [6.45, 7) is 3.01. The van der Waals surface area contributed by atoms with Gasteiger partial charge in [0, 0.05) is 38.8 Å². The Labute approximate surface area is 164 Å². The first-order chi connectivity index (χ1) is 13.5. The molecule has 1 fully saturated rings. The molecule has 0 aliphatic carbocycles. The Morgan fingerprint density at radius 2 is 1.75 bits per heavy atom. The number of hydrogen-bond acceptors (Lipinski definition) is 5. The van der Waals surface area contributed by atoms with Crippen molar-refractivity contribution in [2.45, 2.75) is 11.4 Å². The van der Waals surface area contributed by atoms with E-state index in [1.54, 1.807) is 18.2 Å². The Morgan fingerprint density at radius 3 is 2.43 bits per heavy atom. The first kappa shape index (κ1) is 20.2. The molecule has 1 aliphatic heterocycles. The normalized spacial score (nSPS) is 16.3. The first-order valence-electron chi connectivity index (χ1n) is 8.98. The number of carbonyl (C=O) groups excluding carboxylic acids is 1. The molecule has 0 unspecified atom stereocenters. The largest absolute Gasteiger partial charge is 0.296 e. The average Bonchev–Trinajstić information content (AvgIpc) is 2.73. The van der Waals surface area contributed by atoms with Crippen molar-refractivity contribution in [1.29, 1.82) is 0 Å². The van der Waals surface area contributed by atoms with Crippen LogP contribution in [0.25, 0.3) is 6.08 Å². The summed E-state index contributed by atoms with van der Waals surface area (Å²) in [5, 5.41) is 8.52. The number of amides is 1. The third-order valence-corrected chi connectivity index (χ3v) is 6.51. The maximum Gasteiger partial charge on any atom is 0.267 e. The van der Waals surface area contributed by atoms with E-state index in [2.05, 4.69) is 17.0 Å². The molecule has 3 rings (SSSR count). The highest BCUT2D eigenvalue weighted by molar-refractivity contribution is 7.89. The molecule has 1 heterocycles. The van der Waals surface area contributed by atoms with Gasteiger partial charge in [0.15, 0.2) is 0 Å². The molecule has 0 radical (unpaired) electrons. The summed E-state index contributed by atoms with van der Waals surface area (Å²) in [5.74, 6) is -0.678. The molecule has 8 heteroatoms. The molecule has 0 aromatic heterocycles. The third-order valence-electron chi connectivity index (χ3n) is 4.61. The van der Waals surface area contributed by atoms with Crippen molar-refractivity contribution < 1.29 is 18.4 Å². The Balaban J connectivity index is 1.65. The van der Waals surface area contributed by atoms with Gasteiger partial charge in [-0.3, -0.25) is 14.9 Å². The maximum absolute atomic E-state index is 13.0. The second kappa shape index (κ2) is 9.11. The summed E-state index contributed by atoms with van der Waals surface area (Å²) >= 11 is 0. The molecule has 2 aromatic rings. The topological polar surface area (TPSA) is 90.0 Å². The van der Waals surface area contributed by atoms with Crippen LogP contribution in [0.5, 0.6) is 0 Å². The van der Waals surface area contributed by atoms with Crippen LogP contribution in [0, 0.1) is 0 Å². The Kier molecular flexibility index (Phi) is 6.58. The summed E-state index contributed by atoms with van der Waals surface area (Å²) in [6.07, 6.45) is 2.58. The maximum atomic E-state index is 13.0. The van der Waals surface area contributed by atoms with Crippen molar-refractivity contribution in [3.05, 3.63) is 71.8 Å². The predicted octanol–water partition coefficient (Wildman–Crippen LogP) is 1.71. The van der Waals surface area contributed by atoms with Gasteiger partial charge in [-0.2, -0.15) is 4.31 Å². The van der Waals surface area contributed by atoms with Crippen LogP contribution in [-0.4, -0.2) is 54.9 Å². The quantitative estimate of drug-likeness (QED) is 0.437. The van der Waals surface area contributed by atoms with E-state index in [0.29, 0.717) is 31.7 Å². The summed E-state index contributed by atoms with van der Waals surface area (Å²) in [4.78, 5) is 13.5. The second-order valence-electron chi connectivity index (χ2n) is 6.55. The number of rotatable bonds is 6. The lowest BCUT2D eigenvalue weighted by Gasteiger charge is -2.34. The highest BCUT2D eigenvalue weighted by Gasteiger charge is 2.28. The number of nitrogens with zero attached hydrogens (tertiary/aromatic N) is 2. The van der Waals surface area contributed by atoms with E-state index in [1.165, 1.54) is 27.5 Å². The monoisotopic (exact) mass is 401 g/mol. The van der Waals surface area contributed by atoms with E-state index in [-0.39, 0.29) is 4.90 Å². The van der Waals surface area contributed by atoms with Gasteiger partial charge < -0.3 is 0 Å². The standard InChI is InChI=1S/C20H23N3O4S/c24-20(21-25)10-9-17-7-4-8-19(15-17)28(26,27)23-13-11-22(12-14-23)16-18-5-2-1-3-6-18/h1-10,15,25H,11-14,16H2,(H,21,24). The zero-order valence-corrected chi connectivity index (χ0v) is 16.2. The molecule has 0 saturated carbocycles. The van der Waals surface area contributed by atoms with Crippen LogP contribution < -0.4 is 5.48 Å². The fraction of sp³-hybridized carbons (Fsp3) is 0.250. The van der Waals surface area contributed by atoms with Crippen LogP contribution in [0.2, 0.25) is 0 Å². The molecule has 2 N–H and O–H groups in total. The molecule has 7 nitrogen and oxygen atoms in total. The number of nitrogens with one attached hydrogen (secondary N) is 1. The first-order valence-corrected chi connectivity index (χ1v) is 10.4. The van der Waals surface area contributed by atoms with Crippen LogP contribution >= 0.6 is 0 Å². The van der Waals surface area contributed by atoms with Crippen molar-refractivity contribution in [1.82, 2.24) is 14.7 Å². The summed E-state index contributed by atoms with van der Waals surface area (Å²) in [5.41, 5.74) is 3.27. The molecule has 0 atom stereocenters. The Bertz CT molecular complexity index is 937. The molecule has 1 amide bonds. The van der Waals surface area contributed by atoms with E-state index >= 15 is 0 Å². The predicted molar refractivity (Wildman–Crippen MR) is 106 cm³/mol. The molecule has 1 aliphatic rings. The van der Waals surface area contributed by atoms with Crippen molar-refractivity contribution in [3.63, 3.8) is 0 Å². The van der Waals surface area contributed by atoms with Crippen LogP contribution in [0.4, 0.5) is 0 Å². The van der Waals surface area contributed by atoms with Crippen LogP contribution in [0.15, 0.2) is 65.6 Å². The lowest BCUT2D eigenvalue weighted by molar-refractivity contribution is -0.124. The minimum Gasteiger partial charge on any atom is -0.296 e. The van der Waals surface area contributed by atoms with Gasteiger partial charge in [-0.05, 0) is 29.3 Å². The highest BCUT2D eigenvalue weighted by atomic mass is 32.2. The van der Waals surface area contributed by atoms with Gasteiger partial charge in [0.05, 0.1) is 4.90 Å². The Hall–Kier alpha value is -2.52. The van der Waals surface area contributed by atoms with Gasteiger partial charge >= 0.3 is 0 Å². The van der Waals surface area contributed by atoms with E-state index < -0.39 is 15.9 Å². The van der Waals surface area contributed by atoms with Gasteiger partial charge in [-0.1, -0.05) is 42.5 Å². The van der Waals surface area contributed by atoms with E-state index in [4.69, 9.17) is 5.21 Å². The molecule has 0 bridgehead atoms. The smallest absolute Gasteiger partial charge is 0.267 e. The minimum absolute atomic E-state index is 0.190. The summed E-state index contributed by atoms with van der Waals surface area (Å²) in [7, 11) is -3.60. The van der Waals surface area contributed by atoms with Crippen LogP contribution in [0.1, 0.15) is 11.1 Å². The number of hydrogen-bond donors (Lipinski definition) is 2. The average molecular weight is 401 g/mol.